The Kier molecular flexibility index (Phi) is 2.68. The van der Waals surface area contributed by atoms with E-state index in [2.05, 4.69) is 58.0 Å². The highest BCUT2D eigenvalue weighted by molar-refractivity contribution is 5.43. The lowest BCUT2D eigenvalue weighted by molar-refractivity contribution is 0.562. The van der Waals surface area contributed by atoms with Gasteiger partial charge in [0.2, 0.25) is 0 Å². The Morgan fingerprint density at radius 1 is 1.07 bits per heavy atom. The fourth-order valence-electron chi connectivity index (χ4n) is 2.47. The second-order valence-corrected chi connectivity index (χ2v) is 5.08. The summed E-state index contributed by atoms with van der Waals surface area (Å²) >= 11 is 0. The zero-order chi connectivity index (χ0) is 11.0. The van der Waals surface area contributed by atoms with Gasteiger partial charge >= 0.3 is 0 Å². The quantitative estimate of drug-likeness (QED) is 0.589. The van der Waals surface area contributed by atoms with E-state index in [1.807, 2.05) is 0 Å². The smallest absolute Gasteiger partial charge is 0.00442 e. The molecule has 0 heterocycles. The first-order chi connectivity index (χ1) is 7.09. The second kappa shape index (κ2) is 3.84. The van der Waals surface area contributed by atoms with E-state index in [0.29, 0.717) is 17.8 Å². The molecule has 0 amide bonds. The van der Waals surface area contributed by atoms with Crippen LogP contribution in [0.3, 0.4) is 0 Å². The van der Waals surface area contributed by atoms with Crippen molar-refractivity contribution in [1.82, 2.24) is 0 Å². The Hall–Kier alpha value is -1.04. The van der Waals surface area contributed by atoms with Crippen LogP contribution in [-0.4, -0.2) is 0 Å². The van der Waals surface area contributed by atoms with Crippen LogP contribution in [0, 0.1) is 12.8 Å². The Balaban J connectivity index is 2.51. The van der Waals surface area contributed by atoms with Crippen molar-refractivity contribution in [1.29, 1.82) is 0 Å². The molecule has 80 valence electrons. The minimum atomic E-state index is 0.579. The molecule has 0 saturated heterocycles. The predicted molar refractivity (Wildman–Crippen MR) is 66.3 cm³/mol. The van der Waals surface area contributed by atoms with E-state index in [-0.39, 0.29) is 0 Å². The summed E-state index contributed by atoms with van der Waals surface area (Å²) < 4.78 is 0. The summed E-state index contributed by atoms with van der Waals surface area (Å²) in [6.07, 6.45) is 4.74. The van der Waals surface area contributed by atoms with Gasteiger partial charge in [-0.25, -0.2) is 0 Å². The van der Waals surface area contributed by atoms with Gasteiger partial charge in [0.05, 0.1) is 0 Å². The van der Waals surface area contributed by atoms with Crippen molar-refractivity contribution in [2.24, 2.45) is 5.92 Å². The number of allylic oxidation sites excluding steroid dienone is 2. The van der Waals surface area contributed by atoms with E-state index in [0.717, 1.165) is 0 Å². The van der Waals surface area contributed by atoms with Gasteiger partial charge < -0.3 is 0 Å². The molecule has 1 aliphatic carbocycles. The molecule has 1 aliphatic rings. The fourth-order valence-corrected chi connectivity index (χ4v) is 2.47. The van der Waals surface area contributed by atoms with E-state index in [1.54, 1.807) is 5.56 Å². The van der Waals surface area contributed by atoms with Crippen LogP contribution < -0.4 is 0 Å². The van der Waals surface area contributed by atoms with Crippen LogP contribution in [0.1, 0.15) is 49.3 Å². The molecular formula is C15H20. The number of hydrogen-bond acceptors (Lipinski definition) is 0. The molecule has 1 unspecified atom stereocenters. The molecule has 1 aromatic rings. The molecular weight excluding hydrogens is 180 g/mol. The Bertz CT molecular complexity index is 385. The van der Waals surface area contributed by atoms with Crippen molar-refractivity contribution >= 4 is 0 Å². The van der Waals surface area contributed by atoms with Crippen LogP contribution in [0.5, 0.6) is 0 Å². The molecule has 15 heavy (non-hydrogen) atoms. The maximum atomic E-state index is 2.39. The number of hydrogen-bond donors (Lipinski definition) is 0. The summed E-state index contributed by atoms with van der Waals surface area (Å²) in [7, 11) is 0. The first-order valence-electron chi connectivity index (χ1n) is 5.88. The molecule has 2 rings (SSSR count). The first kappa shape index (κ1) is 10.5. The van der Waals surface area contributed by atoms with Gasteiger partial charge in [-0.1, -0.05) is 56.7 Å². The van der Waals surface area contributed by atoms with Gasteiger partial charge in [-0.2, -0.15) is 0 Å². The van der Waals surface area contributed by atoms with E-state index < -0.39 is 0 Å². The number of benzene rings is 1. The fraction of sp³-hybridized carbons (Fsp3) is 0.467. The van der Waals surface area contributed by atoms with Crippen molar-refractivity contribution in [3.05, 3.63) is 47.0 Å². The third kappa shape index (κ3) is 1.86. The highest BCUT2D eigenvalue weighted by Crippen LogP contribution is 2.37. The average molecular weight is 200 g/mol. The monoisotopic (exact) mass is 200 g/mol. The van der Waals surface area contributed by atoms with E-state index >= 15 is 0 Å². The van der Waals surface area contributed by atoms with Crippen LogP contribution in [0.4, 0.5) is 0 Å². The highest BCUT2D eigenvalue weighted by Gasteiger charge is 2.22. The van der Waals surface area contributed by atoms with Crippen molar-refractivity contribution in [2.45, 2.75) is 39.5 Å². The van der Waals surface area contributed by atoms with Gasteiger partial charge in [0.25, 0.3) is 0 Å². The maximum absolute atomic E-state index is 2.39. The minimum Gasteiger partial charge on any atom is -0.0807 e. The summed E-state index contributed by atoms with van der Waals surface area (Å²) in [5, 5.41) is 0. The largest absolute Gasteiger partial charge is 0.0807 e. The number of aryl methyl sites for hydroxylation is 1. The zero-order valence-electron chi connectivity index (χ0n) is 10.1. The Morgan fingerprint density at radius 2 is 1.80 bits per heavy atom. The van der Waals surface area contributed by atoms with Gasteiger partial charge in [0.15, 0.2) is 0 Å². The van der Waals surface area contributed by atoms with Gasteiger partial charge in [-0.05, 0) is 29.9 Å². The van der Waals surface area contributed by atoms with Crippen LogP contribution in [0.25, 0.3) is 0 Å². The van der Waals surface area contributed by atoms with Crippen molar-refractivity contribution in [3.63, 3.8) is 0 Å². The molecule has 0 aromatic heterocycles. The van der Waals surface area contributed by atoms with E-state index in [1.165, 1.54) is 11.1 Å². The third-order valence-corrected chi connectivity index (χ3v) is 3.42. The molecule has 0 spiro atoms. The molecule has 0 N–H and O–H groups in total. The lowest BCUT2D eigenvalue weighted by atomic mass is 9.77. The van der Waals surface area contributed by atoms with E-state index in [9.17, 15) is 0 Å². The van der Waals surface area contributed by atoms with Crippen molar-refractivity contribution in [3.8, 4) is 0 Å². The van der Waals surface area contributed by atoms with Crippen molar-refractivity contribution in [2.75, 3.05) is 0 Å². The Morgan fingerprint density at radius 3 is 2.47 bits per heavy atom. The van der Waals surface area contributed by atoms with Crippen molar-refractivity contribution < 1.29 is 0 Å². The summed E-state index contributed by atoms with van der Waals surface area (Å²) in [5.74, 6) is 1.88. The maximum Gasteiger partial charge on any atom is 0.00442 e. The lowest BCUT2D eigenvalue weighted by Gasteiger charge is -2.27. The standard InChI is InChI=1S/C15H20/c1-10(2)13-8-6-12(4)14-7-5-11(3)9-15(13)14/h5-10,12-13H,1-4H3/t12?,13-/m0/s1. The second-order valence-electron chi connectivity index (χ2n) is 5.08. The minimum absolute atomic E-state index is 0.579. The van der Waals surface area contributed by atoms with E-state index in [4.69, 9.17) is 0 Å². The Labute approximate surface area is 93.0 Å². The van der Waals surface area contributed by atoms with Gasteiger partial charge in [-0.15, -0.1) is 0 Å². The SMILES string of the molecule is Cc1ccc2c(c1)[C@H](C(C)C)C=CC2C. The van der Waals surface area contributed by atoms with Gasteiger partial charge in [0.1, 0.15) is 0 Å². The summed E-state index contributed by atoms with van der Waals surface area (Å²) in [4.78, 5) is 0. The summed E-state index contributed by atoms with van der Waals surface area (Å²) in [6.45, 7) is 9.07. The number of rotatable bonds is 1. The molecule has 1 aromatic carbocycles. The molecule has 0 bridgehead atoms. The van der Waals surface area contributed by atoms with Gasteiger partial charge in [0, 0.05) is 5.92 Å². The molecule has 0 fully saturated rings. The summed E-state index contributed by atoms with van der Waals surface area (Å²) in [6, 6.07) is 6.89. The van der Waals surface area contributed by atoms with Crippen LogP contribution in [-0.2, 0) is 0 Å². The average Bonchev–Trinajstić information content (AvgIpc) is 2.17. The molecule has 0 heteroatoms. The highest BCUT2D eigenvalue weighted by atomic mass is 14.3. The first-order valence-corrected chi connectivity index (χ1v) is 5.88. The summed E-state index contributed by atoms with van der Waals surface area (Å²) in [5.41, 5.74) is 4.43. The topological polar surface area (TPSA) is 0 Å². The molecule has 0 saturated carbocycles. The lowest BCUT2D eigenvalue weighted by Crippen LogP contribution is -2.12. The van der Waals surface area contributed by atoms with Crippen LogP contribution in [0.2, 0.25) is 0 Å². The number of fused-ring (bicyclic) bond motifs is 1. The van der Waals surface area contributed by atoms with Crippen LogP contribution in [0.15, 0.2) is 30.4 Å². The molecule has 0 nitrogen and oxygen atoms in total. The molecule has 0 aliphatic heterocycles. The zero-order valence-corrected chi connectivity index (χ0v) is 10.1. The van der Waals surface area contributed by atoms with Gasteiger partial charge in [-0.3, -0.25) is 0 Å². The molecule has 0 radical (unpaired) electrons. The normalized spacial score (nSPS) is 24.3. The predicted octanol–water partition coefficient (Wildman–Crippen LogP) is 4.41. The third-order valence-electron chi connectivity index (χ3n) is 3.42. The van der Waals surface area contributed by atoms with Crippen LogP contribution >= 0.6 is 0 Å². The molecule has 2 atom stereocenters.